The van der Waals surface area contributed by atoms with Gasteiger partial charge in [0.2, 0.25) is 10.0 Å². The zero-order valence-electron chi connectivity index (χ0n) is 11.8. The van der Waals surface area contributed by atoms with Crippen LogP contribution in [0.5, 0.6) is 0 Å². The van der Waals surface area contributed by atoms with Crippen LogP contribution >= 0.6 is 15.9 Å². The number of hydrogen-bond donors (Lipinski definition) is 1. The molecule has 1 aromatic rings. The Morgan fingerprint density at radius 1 is 1.48 bits per heavy atom. The minimum atomic E-state index is -3.18. The van der Waals surface area contributed by atoms with Gasteiger partial charge < -0.3 is 4.90 Å². The molecular formula is C13H18BrN3O3S. The highest BCUT2D eigenvalue weighted by Crippen LogP contribution is 2.16. The highest BCUT2D eigenvalue weighted by atomic mass is 79.9. The maximum absolute atomic E-state index is 12.3. The molecule has 1 aliphatic heterocycles. The summed E-state index contributed by atoms with van der Waals surface area (Å²) in [5, 5.41) is 0. The Balaban J connectivity index is 1.93. The minimum Gasteiger partial charge on any atom is -0.339 e. The van der Waals surface area contributed by atoms with E-state index in [1.54, 1.807) is 30.2 Å². The predicted molar refractivity (Wildman–Crippen MR) is 83.5 cm³/mol. The Kier molecular flexibility index (Phi) is 5.34. The second-order valence-electron chi connectivity index (χ2n) is 4.95. The van der Waals surface area contributed by atoms with Gasteiger partial charge in [-0.25, -0.2) is 18.1 Å². The van der Waals surface area contributed by atoms with Gasteiger partial charge in [0.1, 0.15) is 4.60 Å². The van der Waals surface area contributed by atoms with Crippen molar-refractivity contribution in [3.63, 3.8) is 0 Å². The van der Waals surface area contributed by atoms with Crippen LogP contribution in [0.3, 0.4) is 0 Å². The molecule has 0 atom stereocenters. The van der Waals surface area contributed by atoms with Crippen molar-refractivity contribution in [3.8, 4) is 0 Å². The third kappa shape index (κ3) is 4.49. The van der Waals surface area contributed by atoms with E-state index in [2.05, 4.69) is 25.6 Å². The predicted octanol–water partition coefficient (Wildman–Crippen LogP) is 1.39. The molecule has 116 valence electrons. The van der Waals surface area contributed by atoms with Gasteiger partial charge in [-0.1, -0.05) is 0 Å². The van der Waals surface area contributed by atoms with Crippen LogP contribution in [-0.4, -0.2) is 49.1 Å². The van der Waals surface area contributed by atoms with Gasteiger partial charge in [0.15, 0.2) is 0 Å². The van der Waals surface area contributed by atoms with Crippen LogP contribution in [0, 0.1) is 0 Å². The number of amides is 1. The van der Waals surface area contributed by atoms with E-state index >= 15 is 0 Å². The zero-order valence-corrected chi connectivity index (χ0v) is 14.2. The van der Waals surface area contributed by atoms with Crippen LogP contribution in [0.4, 0.5) is 0 Å². The molecule has 6 nitrogen and oxygen atoms in total. The van der Waals surface area contributed by atoms with Crippen molar-refractivity contribution in [1.29, 1.82) is 0 Å². The summed E-state index contributed by atoms with van der Waals surface area (Å²) in [6.45, 7) is 2.72. The van der Waals surface area contributed by atoms with Gasteiger partial charge in [0, 0.05) is 30.9 Å². The van der Waals surface area contributed by atoms with E-state index in [4.69, 9.17) is 0 Å². The molecule has 1 aliphatic rings. The molecule has 0 radical (unpaired) electrons. The summed E-state index contributed by atoms with van der Waals surface area (Å²) in [5.41, 5.74) is 0.587. The summed E-state index contributed by atoms with van der Waals surface area (Å²) in [7, 11) is -3.18. The molecule has 0 aliphatic carbocycles. The molecule has 0 aromatic carbocycles. The highest BCUT2D eigenvalue weighted by molar-refractivity contribution is 9.10. The van der Waals surface area contributed by atoms with Crippen LogP contribution in [0.25, 0.3) is 0 Å². The van der Waals surface area contributed by atoms with Crippen LogP contribution in [0.15, 0.2) is 22.9 Å². The molecule has 1 saturated heterocycles. The first-order valence-electron chi connectivity index (χ1n) is 6.82. The number of pyridine rings is 1. The number of nitrogens with one attached hydrogen (secondary N) is 1. The van der Waals surface area contributed by atoms with Crippen molar-refractivity contribution >= 4 is 31.9 Å². The highest BCUT2D eigenvalue weighted by Gasteiger charge is 2.25. The van der Waals surface area contributed by atoms with E-state index in [0.29, 0.717) is 36.1 Å². The molecule has 21 heavy (non-hydrogen) atoms. The van der Waals surface area contributed by atoms with Crippen LogP contribution < -0.4 is 4.72 Å². The third-order valence-electron chi connectivity index (χ3n) is 3.48. The number of piperidine rings is 1. The molecule has 1 amide bonds. The molecule has 2 rings (SSSR count). The number of carbonyl (C=O) groups is 1. The standard InChI is InChI=1S/C13H18BrN3O3S/c1-2-21(19,20)16-11-4-7-17(8-5-11)13(18)10-3-6-15-12(14)9-10/h3,6,9,11,16H,2,4-5,7-8H2,1H3. The zero-order chi connectivity index (χ0) is 15.5. The molecule has 0 saturated carbocycles. The maximum atomic E-state index is 12.3. The van der Waals surface area contributed by atoms with Crippen molar-refractivity contribution < 1.29 is 13.2 Å². The lowest BCUT2D eigenvalue weighted by molar-refractivity contribution is 0.0711. The largest absolute Gasteiger partial charge is 0.339 e. The number of sulfonamides is 1. The summed E-state index contributed by atoms with van der Waals surface area (Å²) < 4.78 is 26.4. The Labute approximate surface area is 133 Å². The van der Waals surface area contributed by atoms with Crippen LogP contribution in [-0.2, 0) is 10.0 Å². The third-order valence-corrected chi connectivity index (χ3v) is 5.37. The fourth-order valence-electron chi connectivity index (χ4n) is 2.26. The monoisotopic (exact) mass is 375 g/mol. The first kappa shape index (κ1) is 16.4. The first-order valence-corrected chi connectivity index (χ1v) is 9.26. The number of halogens is 1. The molecule has 8 heteroatoms. The molecule has 0 spiro atoms. The molecule has 0 unspecified atom stereocenters. The van der Waals surface area contributed by atoms with Crippen LogP contribution in [0.1, 0.15) is 30.1 Å². The molecule has 1 aromatic heterocycles. The number of aromatic nitrogens is 1. The van der Waals surface area contributed by atoms with E-state index in [-0.39, 0.29) is 17.7 Å². The van der Waals surface area contributed by atoms with Gasteiger partial charge in [-0.2, -0.15) is 0 Å². The second-order valence-corrected chi connectivity index (χ2v) is 7.81. The summed E-state index contributed by atoms with van der Waals surface area (Å²) in [6, 6.07) is 3.29. The SMILES string of the molecule is CCS(=O)(=O)NC1CCN(C(=O)c2ccnc(Br)c2)CC1. The Bertz CT molecular complexity index is 613. The van der Waals surface area contributed by atoms with E-state index < -0.39 is 10.0 Å². The lowest BCUT2D eigenvalue weighted by atomic mass is 10.1. The fourth-order valence-corrected chi connectivity index (χ4v) is 3.53. The number of likely N-dealkylation sites (tertiary alicyclic amines) is 1. The number of rotatable bonds is 4. The summed E-state index contributed by atoms with van der Waals surface area (Å²) in [5.74, 6) is 0.0342. The average molecular weight is 376 g/mol. The smallest absolute Gasteiger partial charge is 0.254 e. The van der Waals surface area contributed by atoms with Gasteiger partial charge in [0.05, 0.1) is 5.75 Å². The maximum Gasteiger partial charge on any atom is 0.254 e. The molecule has 1 N–H and O–H groups in total. The van der Waals surface area contributed by atoms with Crippen molar-refractivity contribution in [3.05, 3.63) is 28.5 Å². The summed E-state index contributed by atoms with van der Waals surface area (Å²) in [4.78, 5) is 18.1. The summed E-state index contributed by atoms with van der Waals surface area (Å²) in [6.07, 6.45) is 2.86. The van der Waals surface area contributed by atoms with Gasteiger partial charge in [-0.05, 0) is 47.8 Å². The Morgan fingerprint density at radius 3 is 2.71 bits per heavy atom. The summed E-state index contributed by atoms with van der Waals surface area (Å²) >= 11 is 3.25. The molecule has 1 fully saturated rings. The molecule has 0 bridgehead atoms. The van der Waals surface area contributed by atoms with E-state index in [1.807, 2.05) is 0 Å². The van der Waals surface area contributed by atoms with Crippen molar-refractivity contribution in [2.24, 2.45) is 0 Å². The van der Waals surface area contributed by atoms with Gasteiger partial charge in [0.25, 0.3) is 5.91 Å². The van der Waals surface area contributed by atoms with Gasteiger partial charge in [-0.15, -0.1) is 0 Å². The molecular weight excluding hydrogens is 358 g/mol. The Morgan fingerprint density at radius 2 is 2.14 bits per heavy atom. The normalized spacial score (nSPS) is 17.0. The number of nitrogens with zero attached hydrogens (tertiary/aromatic N) is 2. The number of carbonyl (C=O) groups excluding carboxylic acids is 1. The van der Waals surface area contributed by atoms with Gasteiger partial charge in [-0.3, -0.25) is 4.79 Å². The lowest BCUT2D eigenvalue weighted by Crippen LogP contribution is -2.46. The van der Waals surface area contributed by atoms with Crippen molar-refractivity contribution in [2.45, 2.75) is 25.8 Å². The van der Waals surface area contributed by atoms with E-state index in [0.717, 1.165) is 0 Å². The quantitative estimate of drug-likeness (QED) is 0.806. The lowest BCUT2D eigenvalue weighted by Gasteiger charge is -2.32. The first-order chi connectivity index (χ1) is 9.91. The van der Waals surface area contributed by atoms with Crippen LogP contribution in [0.2, 0.25) is 0 Å². The number of hydrogen-bond acceptors (Lipinski definition) is 4. The van der Waals surface area contributed by atoms with E-state index in [9.17, 15) is 13.2 Å². The molecule has 2 heterocycles. The second kappa shape index (κ2) is 6.85. The minimum absolute atomic E-state index is 0.0464. The van der Waals surface area contributed by atoms with E-state index in [1.165, 1.54) is 0 Å². The van der Waals surface area contributed by atoms with Crippen molar-refractivity contribution in [2.75, 3.05) is 18.8 Å². The van der Waals surface area contributed by atoms with Gasteiger partial charge >= 0.3 is 0 Å². The Hall–Kier alpha value is -0.990. The topological polar surface area (TPSA) is 79.4 Å². The average Bonchev–Trinajstić information content (AvgIpc) is 2.47. The van der Waals surface area contributed by atoms with Crippen molar-refractivity contribution in [1.82, 2.24) is 14.6 Å². The fraction of sp³-hybridized carbons (Fsp3) is 0.538.